The molecule has 2 amide bonds. The van der Waals surface area contributed by atoms with Gasteiger partial charge in [-0.3, -0.25) is 9.59 Å². The van der Waals surface area contributed by atoms with Crippen LogP contribution in [0.1, 0.15) is 23.7 Å². The first-order valence-corrected chi connectivity index (χ1v) is 11.5. The minimum absolute atomic E-state index is 0.153. The fourth-order valence-electron chi connectivity index (χ4n) is 3.42. The molecule has 0 saturated heterocycles. The van der Waals surface area contributed by atoms with Gasteiger partial charge in [-0.1, -0.05) is 43.3 Å². The smallest absolute Gasteiger partial charge is 0.255 e. The molecule has 4 rings (SSSR count). The van der Waals surface area contributed by atoms with Crippen molar-refractivity contribution < 1.29 is 14.0 Å². The molecule has 4 nitrogen and oxygen atoms in total. The van der Waals surface area contributed by atoms with Crippen molar-refractivity contribution >= 4 is 45.7 Å². The maximum absolute atomic E-state index is 13.1. The Morgan fingerprint density at radius 3 is 2.33 bits per heavy atom. The van der Waals surface area contributed by atoms with Crippen molar-refractivity contribution in [3.8, 4) is 0 Å². The Labute approximate surface area is 196 Å². The number of fused-ring (bicyclic) bond motifs is 1. The van der Waals surface area contributed by atoms with Crippen molar-refractivity contribution in [2.24, 2.45) is 0 Å². The van der Waals surface area contributed by atoms with Crippen LogP contribution in [0.25, 0.3) is 10.8 Å². The Kier molecular flexibility index (Phi) is 7.05. The molecule has 0 fully saturated rings. The Morgan fingerprint density at radius 2 is 1.58 bits per heavy atom. The normalized spacial score (nSPS) is 11.7. The third-order valence-corrected chi connectivity index (χ3v) is 6.51. The Hall–Kier alpha value is -3.64. The Balaban J connectivity index is 1.43. The highest BCUT2D eigenvalue weighted by Gasteiger charge is 2.18. The predicted octanol–water partition coefficient (Wildman–Crippen LogP) is 6.74. The number of carbonyl (C=O) groups excluding carboxylic acids is 2. The van der Waals surface area contributed by atoms with E-state index in [0.717, 1.165) is 15.7 Å². The van der Waals surface area contributed by atoms with Gasteiger partial charge in [-0.2, -0.15) is 0 Å². The molecular formula is C27H23FN2O2S. The highest BCUT2D eigenvalue weighted by molar-refractivity contribution is 8.00. The second kappa shape index (κ2) is 10.3. The van der Waals surface area contributed by atoms with Crippen molar-refractivity contribution in [1.29, 1.82) is 0 Å². The first kappa shape index (κ1) is 22.6. The van der Waals surface area contributed by atoms with Crippen molar-refractivity contribution in [2.45, 2.75) is 23.5 Å². The summed E-state index contributed by atoms with van der Waals surface area (Å²) in [7, 11) is 0. The van der Waals surface area contributed by atoms with Gasteiger partial charge in [0.15, 0.2) is 0 Å². The molecule has 6 heteroatoms. The van der Waals surface area contributed by atoms with Crippen molar-refractivity contribution in [3.05, 3.63) is 102 Å². The summed E-state index contributed by atoms with van der Waals surface area (Å²) in [5.41, 5.74) is 1.79. The van der Waals surface area contributed by atoms with Crippen LogP contribution in [0.3, 0.4) is 0 Å². The number of nitrogens with one attached hydrogen (secondary N) is 2. The van der Waals surface area contributed by atoms with Gasteiger partial charge in [-0.25, -0.2) is 4.39 Å². The van der Waals surface area contributed by atoms with Gasteiger partial charge in [0, 0.05) is 21.8 Å². The molecule has 0 spiro atoms. The number of hydrogen-bond acceptors (Lipinski definition) is 3. The van der Waals surface area contributed by atoms with E-state index in [2.05, 4.69) is 10.6 Å². The van der Waals surface area contributed by atoms with E-state index in [-0.39, 0.29) is 22.9 Å². The molecule has 0 saturated carbocycles. The highest BCUT2D eigenvalue weighted by Crippen LogP contribution is 2.29. The molecule has 33 heavy (non-hydrogen) atoms. The van der Waals surface area contributed by atoms with Crippen molar-refractivity contribution in [3.63, 3.8) is 0 Å². The van der Waals surface area contributed by atoms with Gasteiger partial charge in [0.2, 0.25) is 5.91 Å². The zero-order valence-electron chi connectivity index (χ0n) is 18.0. The monoisotopic (exact) mass is 458 g/mol. The maximum atomic E-state index is 13.1. The molecule has 0 aliphatic heterocycles. The standard InChI is InChI=1S/C27H23FN2O2S/c1-2-25(27(32)29-22-14-12-21(28)13-15-22)33-24-9-5-8-23(17-24)30-26(31)20-11-10-18-6-3-4-7-19(18)16-20/h3-17,25H,2H2,1H3,(H,29,32)(H,30,31). The number of carbonyl (C=O) groups is 2. The fraction of sp³-hybridized carbons (Fsp3) is 0.111. The summed E-state index contributed by atoms with van der Waals surface area (Å²) in [4.78, 5) is 26.3. The minimum atomic E-state index is -0.350. The third kappa shape index (κ3) is 5.79. The van der Waals surface area contributed by atoms with Crippen LogP contribution in [-0.4, -0.2) is 17.1 Å². The number of rotatable bonds is 7. The SMILES string of the molecule is CCC(Sc1cccc(NC(=O)c2ccc3ccccc3c2)c1)C(=O)Nc1ccc(F)cc1. The van der Waals surface area contributed by atoms with Gasteiger partial charge < -0.3 is 10.6 Å². The van der Waals surface area contributed by atoms with Gasteiger partial charge >= 0.3 is 0 Å². The van der Waals surface area contributed by atoms with Gasteiger partial charge in [0.05, 0.1) is 5.25 Å². The summed E-state index contributed by atoms with van der Waals surface area (Å²) >= 11 is 1.42. The third-order valence-electron chi connectivity index (χ3n) is 5.16. The van der Waals surface area contributed by atoms with Crippen LogP contribution in [0.5, 0.6) is 0 Å². The lowest BCUT2D eigenvalue weighted by atomic mass is 10.1. The number of thioether (sulfide) groups is 1. The van der Waals surface area contributed by atoms with Gasteiger partial charge in [0.25, 0.3) is 5.91 Å². The number of anilines is 2. The molecule has 0 aromatic heterocycles. The molecule has 0 aliphatic rings. The predicted molar refractivity (Wildman–Crippen MR) is 133 cm³/mol. The summed E-state index contributed by atoms with van der Waals surface area (Å²) in [6.07, 6.45) is 0.616. The fourth-order valence-corrected chi connectivity index (χ4v) is 4.44. The van der Waals surface area contributed by atoms with Crippen LogP contribution in [-0.2, 0) is 4.79 Å². The van der Waals surface area contributed by atoms with Gasteiger partial charge in [-0.15, -0.1) is 11.8 Å². The summed E-state index contributed by atoms with van der Waals surface area (Å²) in [5, 5.41) is 7.52. The summed E-state index contributed by atoms with van der Waals surface area (Å²) in [6, 6.07) is 26.6. The molecule has 0 heterocycles. The average molecular weight is 459 g/mol. The van der Waals surface area contributed by atoms with Crippen LogP contribution in [0.4, 0.5) is 15.8 Å². The average Bonchev–Trinajstić information content (AvgIpc) is 2.83. The van der Waals surface area contributed by atoms with Crippen LogP contribution in [0.2, 0.25) is 0 Å². The summed E-state index contributed by atoms with van der Waals surface area (Å²) in [5.74, 6) is -0.694. The molecule has 166 valence electrons. The molecule has 0 bridgehead atoms. The van der Waals surface area contributed by atoms with E-state index in [9.17, 15) is 14.0 Å². The zero-order chi connectivity index (χ0) is 23.2. The Bertz CT molecular complexity index is 1290. The van der Waals surface area contributed by atoms with Crippen LogP contribution in [0.15, 0.2) is 95.9 Å². The van der Waals surface area contributed by atoms with E-state index < -0.39 is 0 Å². The molecule has 0 radical (unpaired) electrons. The lowest BCUT2D eigenvalue weighted by Gasteiger charge is -2.15. The number of amides is 2. The molecule has 1 atom stereocenters. The lowest BCUT2D eigenvalue weighted by molar-refractivity contribution is -0.115. The van der Waals surface area contributed by atoms with Gasteiger partial charge in [-0.05, 0) is 71.8 Å². The minimum Gasteiger partial charge on any atom is -0.325 e. The second-order valence-electron chi connectivity index (χ2n) is 7.55. The van der Waals surface area contributed by atoms with Crippen LogP contribution < -0.4 is 10.6 Å². The first-order valence-electron chi connectivity index (χ1n) is 10.6. The molecule has 2 N–H and O–H groups in total. The van der Waals surface area contributed by atoms with E-state index >= 15 is 0 Å². The highest BCUT2D eigenvalue weighted by atomic mass is 32.2. The molecule has 1 unspecified atom stereocenters. The molecule has 0 aliphatic carbocycles. The molecular weight excluding hydrogens is 435 g/mol. The number of benzene rings is 4. The van der Waals surface area contributed by atoms with Crippen molar-refractivity contribution in [1.82, 2.24) is 0 Å². The largest absolute Gasteiger partial charge is 0.325 e. The second-order valence-corrected chi connectivity index (χ2v) is 8.83. The van der Waals surface area contributed by atoms with E-state index in [4.69, 9.17) is 0 Å². The van der Waals surface area contributed by atoms with E-state index in [1.807, 2.05) is 73.7 Å². The maximum Gasteiger partial charge on any atom is 0.255 e. The van der Waals surface area contributed by atoms with E-state index in [0.29, 0.717) is 23.4 Å². The molecule has 4 aromatic rings. The topological polar surface area (TPSA) is 58.2 Å². The van der Waals surface area contributed by atoms with Crippen molar-refractivity contribution in [2.75, 3.05) is 10.6 Å². The number of halogens is 1. The van der Waals surface area contributed by atoms with Crippen LogP contribution in [0, 0.1) is 5.82 Å². The quantitative estimate of drug-likeness (QED) is 0.302. The summed E-state index contributed by atoms with van der Waals surface area (Å²) in [6.45, 7) is 1.94. The Morgan fingerprint density at radius 1 is 0.818 bits per heavy atom. The molecule has 4 aromatic carbocycles. The van der Waals surface area contributed by atoms with E-state index in [1.165, 1.54) is 36.0 Å². The van der Waals surface area contributed by atoms with E-state index in [1.54, 1.807) is 0 Å². The lowest BCUT2D eigenvalue weighted by Crippen LogP contribution is -2.24. The summed E-state index contributed by atoms with van der Waals surface area (Å²) < 4.78 is 13.1. The number of hydrogen-bond donors (Lipinski definition) is 2. The van der Waals surface area contributed by atoms with Gasteiger partial charge in [0.1, 0.15) is 5.82 Å². The van der Waals surface area contributed by atoms with Crippen LogP contribution >= 0.6 is 11.8 Å². The first-order chi connectivity index (χ1) is 16.0. The zero-order valence-corrected chi connectivity index (χ0v) is 18.9.